The van der Waals surface area contributed by atoms with E-state index < -0.39 is 71.2 Å². The predicted molar refractivity (Wildman–Crippen MR) is 270 cm³/mol. The van der Waals surface area contributed by atoms with Crippen LogP contribution in [0.3, 0.4) is 0 Å². The van der Waals surface area contributed by atoms with Crippen LogP contribution in [0.25, 0.3) is 0 Å². The normalized spacial score (nSPS) is 19.4. The number of allylic oxidation sites excluding steroid dienone is 4. The Morgan fingerprint density at radius 1 is 0.507 bits per heavy atom. The summed E-state index contributed by atoms with van der Waals surface area (Å²) in [6, 6.07) is 0. The van der Waals surface area contributed by atoms with Gasteiger partial charge in [0.2, 0.25) is 0 Å². The van der Waals surface area contributed by atoms with E-state index in [4.69, 9.17) is 18.9 Å². The Labute approximate surface area is 408 Å². The van der Waals surface area contributed by atoms with Crippen LogP contribution in [-0.4, -0.2) is 96.0 Å². The maximum Gasteiger partial charge on any atom is 0.306 e. The van der Waals surface area contributed by atoms with Crippen LogP contribution < -0.4 is 0 Å². The molecule has 0 aromatic heterocycles. The highest BCUT2D eigenvalue weighted by molar-refractivity contribution is 7.85. The fraction of sp³-hybridized carbons (Fsp3) is 0.889. The molecule has 1 saturated heterocycles. The third-order valence-electron chi connectivity index (χ3n) is 12.8. The number of aliphatic hydroxyl groups excluding tert-OH is 3. The van der Waals surface area contributed by atoms with E-state index in [-0.39, 0.29) is 19.4 Å². The van der Waals surface area contributed by atoms with Crippen LogP contribution in [0, 0.1) is 0 Å². The summed E-state index contributed by atoms with van der Waals surface area (Å²) in [5, 5.41) is 31.0. The number of carbonyl (C=O) groups is 2. The first-order valence-corrected chi connectivity index (χ1v) is 29.0. The summed E-state index contributed by atoms with van der Waals surface area (Å²) in [7, 11) is -4.61. The molecule has 0 spiro atoms. The molecule has 0 saturated carbocycles. The Balaban J connectivity index is 2.34. The Morgan fingerprint density at radius 2 is 0.910 bits per heavy atom. The quantitative estimate of drug-likeness (QED) is 0.0196. The monoisotopic (exact) mass is 973 g/mol. The van der Waals surface area contributed by atoms with E-state index in [9.17, 15) is 37.9 Å². The maximum atomic E-state index is 12.9. The highest BCUT2D eigenvalue weighted by atomic mass is 32.2. The third kappa shape index (κ3) is 38.6. The summed E-state index contributed by atoms with van der Waals surface area (Å²) in [5.74, 6) is -2.03. The molecule has 0 radical (unpaired) electrons. The van der Waals surface area contributed by atoms with Crippen molar-refractivity contribution >= 4 is 22.1 Å². The number of esters is 2. The fourth-order valence-electron chi connectivity index (χ4n) is 8.54. The molecule has 0 amide bonds. The molecule has 0 aromatic carbocycles. The predicted octanol–water partition coefficient (Wildman–Crippen LogP) is 12.7. The lowest BCUT2D eigenvalue weighted by Gasteiger charge is -2.40. The van der Waals surface area contributed by atoms with E-state index in [0.717, 1.165) is 32.1 Å². The molecule has 394 valence electrons. The second-order valence-electron chi connectivity index (χ2n) is 19.3. The van der Waals surface area contributed by atoms with Gasteiger partial charge in [0.05, 0.1) is 6.61 Å². The summed E-state index contributed by atoms with van der Waals surface area (Å²) in [4.78, 5) is 25.5. The highest BCUT2D eigenvalue weighted by Gasteiger charge is 2.46. The molecule has 12 nitrogen and oxygen atoms in total. The third-order valence-corrected chi connectivity index (χ3v) is 13.5. The molecule has 0 aromatic rings. The Kier molecular flexibility index (Phi) is 41.6. The van der Waals surface area contributed by atoms with Crippen LogP contribution in [0.2, 0.25) is 0 Å². The summed E-state index contributed by atoms with van der Waals surface area (Å²) in [6.45, 7) is 3.77. The van der Waals surface area contributed by atoms with Gasteiger partial charge in [-0.1, -0.05) is 224 Å². The number of aliphatic hydroxyl groups is 3. The zero-order chi connectivity index (χ0) is 49.1. The lowest BCUT2D eigenvalue weighted by atomic mass is 10.00. The van der Waals surface area contributed by atoms with Crippen molar-refractivity contribution < 1.29 is 56.8 Å². The van der Waals surface area contributed by atoms with E-state index in [0.29, 0.717) is 19.3 Å². The van der Waals surface area contributed by atoms with Gasteiger partial charge in [-0.2, -0.15) is 8.42 Å². The summed E-state index contributed by atoms with van der Waals surface area (Å²) in [5.41, 5.74) is 0. The van der Waals surface area contributed by atoms with E-state index >= 15 is 0 Å². The van der Waals surface area contributed by atoms with E-state index in [2.05, 4.69) is 32.1 Å². The molecule has 4 N–H and O–H groups in total. The number of carbonyl (C=O) groups excluding carboxylic acids is 2. The van der Waals surface area contributed by atoms with Crippen molar-refractivity contribution in [2.24, 2.45) is 0 Å². The Hall–Kier alpha value is -1.87. The molecule has 6 atom stereocenters. The van der Waals surface area contributed by atoms with Crippen molar-refractivity contribution in [3.05, 3.63) is 24.3 Å². The minimum Gasteiger partial charge on any atom is -0.462 e. The van der Waals surface area contributed by atoms with Crippen molar-refractivity contribution in [2.45, 2.75) is 288 Å². The van der Waals surface area contributed by atoms with Gasteiger partial charge < -0.3 is 34.3 Å². The lowest BCUT2D eigenvalue weighted by Crippen LogP contribution is -2.60. The van der Waals surface area contributed by atoms with Crippen molar-refractivity contribution in [3.63, 3.8) is 0 Å². The lowest BCUT2D eigenvalue weighted by molar-refractivity contribution is -0.297. The Morgan fingerprint density at radius 3 is 1.36 bits per heavy atom. The van der Waals surface area contributed by atoms with Crippen LogP contribution in [0.4, 0.5) is 0 Å². The molecule has 2 unspecified atom stereocenters. The average Bonchev–Trinajstić information content (AvgIpc) is 3.30. The van der Waals surface area contributed by atoms with Gasteiger partial charge >= 0.3 is 11.9 Å². The van der Waals surface area contributed by atoms with E-state index in [1.807, 2.05) is 6.08 Å². The standard InChI is InChI=1S/C54H100O12S/c1-3-5-7-9-11-13-15-17-19-21-22-23-24-25-27-28-30-32-34-36-38-40-42-49(55)63-44-47(45-64-54-53(59)52(58)51(57)48(66-54)46-67(60,61)62)65-50(56)43-41-39-37-35-33-31-29-26-20-18-16-14-12-10-8-6-4-2/h29,31,35,37,47-48,51-54,57-59H,3-28,30,32-34,36,38-46H2,1-2H3,(H,60,61,62)/b31-29+,37-35+/t47-,48-,51-,52?,53?,54+/m1/s1. The highest BCUT2D eigenvalue weighted by Crippen LogP contribution is 2.24. The number of hydrogen-bond donors (Lipinski definition) is 4. The van der Waals surface area contributed by atoms with Gasteiger partial charge in [-0.15, -0.1) is 0 Å². The molecule has 1 fully saturated rings. The number of rotatable bonds is 47. The fourth-order valence-corrected chi connectivity index (χ4v) is 9.23. The smallest absolute Gasteiger partial charge is 0.306 e. The number of ether oxygens (including phenoxy) is 4. The largest absolute Gasteiger partial charge is 0.462 e. The Bertz CT molecular complexity index is 1320. The average molecular weight is 973 g/mol. The molecular weight excluding hydrogens is 873 g/mol. The summed E-state index contributed by atoms with van der Waals surface area (Å²) < 4.78 is 54.2. The van der Waals surface area contributed by atoms with Crippen LogP contribution in [0.5, 0.6) is 0 Å². The molecule has 1 aliphatic rings. The molecule has 1 rings (SSSR count). The van der Waals surface area contributed by atoms with Crippen LogP contribution in [0.1, 0.15) is 251 Å². The zero-order valence-corrected chi connectivity index (χ0v) is 43.3. The van der Waals surface area contributed by atoms with Crippen LogP contribution in [0.15, 0.2) is 24.3 Å². The van der Waals surface area contributed by atoms with Gasteiger partial charge in [-0.3, -0.25) is 14.1 Å². The second-order valence-corrected chi connectivity index (χ2v) is 20.8. The molecule has 1 heterocycles. The van der Waals surface area contributed by atoms with Crippen LogP contribution in [-0.2, 0) is 38.7 Å². The van der Waals surface area contributed by atoms with E-state index in [1.165, 1.54) is 173 Å². The SMILES string of the molecule is CCCCCCCCCCC/C=C/C/C=C/CCCC(=O)O[C@H](COC(=O)CCCCCCCCCCCCCCCCCCCCCCCC)CO[C@H]1O[C@H](CS(=O)(=O)O)[C@@H](O)C(O)C1O. The first kappa shape index (κ1) is 63.1. The molecule has 0 aliphatic carbocycles. The first-order valence-electron chi connectivity index (χ1n) is 27.4. The van der Waals surface area contributed by atoms with Gasteiger partial charge in [0.1, 0.15) is 36.8 Å². The van der Waals surface area contributed by atoms with E-state index in [1.54, 1.807) is 0 Å². The van der Waals surface area contributed by atoms with Gasteiger partial charge in [0.25, 0.3) is 10.1 Å². The van der Waals surface area contributed by atoms with Crippen molar-refractivity contribution in [1.29, 1.82) is 0 Å². The van der Waals surface area contributed by atoms with Gasteiger partial charge in [0.15, 0.2) is 12.4 Å². The molecule has 67 heavy (non-hydrogen) atoms. The number of unbranched alkanes of at least 4 members (excludes halogenated alkanes) is 31. The minimum atomic E-state index is -4.61. The van der Waals surface area contributed by atoms with Crippen LogP contribution >= 0.6 is 0 Å². The summed E-state index contributed by atoms with van der Waals surface area (Å²) in [6.07, 6.45) is 42.3. The number of hydrogen-bond acceptors (Lipinski definition) is 11. The zero-order valence-electron chi connectivity index (χ0n) is 42.5. The van der Waals surface area contributed by atoms with Gasteiger partial charge in [-0.05, 0) is 38.5 Å². The maximum absolute atomic E-state index is 12.9. The van der Waals surface area contributed by atoms with Crippen molar-refractivity contribution in [1.82, 2.24) is 0 Å². The molecule has 1 aliphatic heterocycles. The minimum absolute atomic E-state index is 0.104. The topological polar surface area (TPSA) is 186 Å². The molecule has 0 bridgehead atoms. The van der Waals surface area contributed by atoms with Gasteiger partial charge in [0, 0.05) is 12.8 Å². The van der Waals surface area contributed by atoms with Crippen molar-refractivity contribution in [3.8, 4) is 0 Å². The summed E-state index contributed by atoms with van der Waals surface area (Å²) >= 11 is 0. The second kappa shape index (κ2) is 44.1. The first-order chi connectivity index (χ1) is 32.5. The van der Waals surface area contributed by atoms with Gasteiger partial charge in [-0.25, -0.2) is 0 Å². The van der Waals surface area contributed by atoms with Crippen molar-refractivity contribution in [2.75, 3.05) is 19.0 Å². The molecule has 13 heteroatoms. The molecular formula is C54H100O12S.